The van der Waals surface area contributed by atoms with Crippen LogP contribution in [0.15, 0.2) is 22.0 Å². The van der Waals surface area contributed by atoms with Crippen molar-refractivity contribution < 1.29 is 13.9 Å². The van der Waals surface area contributed by atoms with Gasteiger partial charge in [0, 0.05) is 17.5 Å². The van der Waals surface area contributed by atoms with Crippen LogP contribution in [0.2, 0.25) is 0 Å². The van der Waals surface area contributed by atoms with Gasteiger partial charge in [0.25, 0.3) is 0 Å². The van der Waals surface area contributed by atoms with E-state index >= 15 is 0 Å². The molecule has 0 saturated carbocycles. The lowest BCUT2D eigenvalue weighted by Gasteiger charge is -2.12. The number of hydrogen-bond acceptors (Lipinski definition) is 3. The van der Waals surface area contributed by atoms with Crippen molar-refractivity contribution in [3.63, 3.8) is 0 Å². The first-order valence-electron chi connectivity index (χ1n) is 5.21. The molecular formula is C12H10BrF2NOS. The van der Waals surface area contributed by atoms with E-state index in [2.05, 4.69) is 20.9 Å². The summed E-state index contributed by atoms with van der Waals surface area (Å²) in [7, 11) is 0. The van der Waals surface area contributed by atoms with Gasteiger partial charge in [0.15, 0.2) is 0 Å². The van der Waals surface area contributed by atoms with Crippen molar-refractivity contribution in [2.45, 2.75) is 19.4 Å². The number of nitrogens with zero attached hydrogens (tertiary/aromatic N) is 1. The monoisotopic (exact) mass is 333 g/mol. The highest BCUT2D eigenvalue weighted by Gasteiger charge is 2.21. The van der Waals surface area contributed by atoms with Crippen LogP contribution in [0.5, 0.6) is 0 Å². The van der Waals surface area contributed by atoms with Crippen LogP contribution in [0.3, 0.4) is 0 Å². The quantitative estimate of drug-likeness (QED) is 0.867. The highest BCUT2D eigenvalue weighted by molar-refractivity contribution is 9.10. The number of hydrogen-bond donors (Lipinski definition) is 1. The molecule has 1 aromatic heterocycles. The number of aliphatic hydroxyl groups is 1. The molecule has 2 aromatic rings. The molecule has 1 aromatic carbocycles. The number of aromatic nitrogens is 1. The molecule has 1 N–H and O–H groups in total. The van der Waals surface area contributed by atoms with Crippen LogP contribution in [0.4, 0.5) is 8.78 Å². The number of thiazole rings is 1. The molecular weight excluding hydrogens is 324 g/mol. The fraction of sp³-hybridized carbons (Fsp3) is 0.250. The van der Waals surface area contributed by atoms with E-state index in [0.29, 0.717) is 5.01 Å². The average molecular weight is 334 g/mol. The smallest absolute Gasteiger partial charge is 0.146 e. The van der Waals surface area contributed by atoms with Gasteiger partial charge < -0.3 is 5.11 Å². The Labute approximate surface area is 115 Å². The molecule has 2 rings (SSSR count). The molecule has 0 aliphatic carbocycles. The predicted molar refractivity (Wildman–Crippen MR) is 69.6 cm³/mol. The number of rotatable bonds is 3. The topological polar surface area (TPSA) is 33.1 Å². The normalized spacial score (nSPS) is 12.7. The molecule has 1 atom stereocenters. The van der Waals surface area contributed by atoms with E-state index in [0.717, 1.165) is 11.8 Å². The maximum absolute atomic E-state index is 13.8. The third-order valence-corrected chi connectivity index (χ3v) is 4.05. The SMILES string of the molecule is Cc1csc(CC(O)c2c(F)ccc(Br)c2F)n1. The predicted octanol–water partition coefficient (Wildman–Crippen LogP) is 3.77. The Bertz CT molecular complexity index is 573. The average Bonchev–Trinajstić information content (AvgIpc) is 2.70. The third-order valence-electron chi connectivity index (χ3n) is 2.45. The molecule has 96 valence electrons. The van der Waals surface area contributed by atoms with Gasteiger partial charge >= 0.3 is 0 Å². The molecule has 6 heteroatoms. The summed E-state index contributed by atoms with van der Waals surface area (Å²) in [6.07, 6.45) is -1.14. The fourth-order valence-electron chi connectivity index (χ4n) is 1.61. The molecule has 1 heterocycles. The lowest BCUT2D eigenvalue weighted by atomic mass is 10.1. The first-order valence-corrected chi connectivity index (χ1v) is 6.88. The van der Waals surface area contributed by atoms with E-state index < -0.39 is 17.7 Å². The molecule has 0 aliphatic heterocycles. The molecule has 18 heavy (non-hydrogen) atoms. The molecule has 0 radical (unpaired) electrons. The molecule has 2 nitrogen and oxygen atoms in total. The zero-order valence-electron chi connectivity index (χ0n) is 9.45. The van der Waals surface area contributed by atoms with Gasteiger partial charge in [-0.25, -0.2) is 13.8 Å². The molecule has 0 amide bonds. The molecule has 1 unspecified atom stereocenters. The van der Waals surface area contributed by atoms with Gasteiger partial charge in [-0.2, -0.15) is 0 Å². The van der Waals surface area contributed by atoms with E-state index in [9.17, 15) is 13.9 Å². The van der Waals surface area contributed by atoms with Gasteiger partial charge in [-0.05, 0) is 35.0 Å². The summed E-state index contributed by atoms with van der Waals surface area (Å²) in [6, 6.07) is 2.40. The molecule has 0 spiro atoms. The van der Waals surface area contributed by atoms with Crippen LogP contribution >= 0.6 is 27.3 Å². The van der Waals surface area contributed by atoms with Crippen molar-refractivity contribution in [2.75, 3.05) is 0 Å². The number of aryl methyl sites for hydroxylation is 1. The molecule has 0 aliphatic rings. The Hall–Kier alpha value is -0.850. The van der Waals surface area contributed by atoms with E-state index in [1.54, 1.807) is 0 Å². The minimum atomic E-state index is -1.24. The van der Waals surface area contributed by atoms with Crippen molar-refractivity contribution in [3.05, 3.63) is 49.9 Å². The van der Waals surface area contributed by atoms with Gasteiger partial charge in [0.05, 0.1) is 21.1 Å². The summed E-state index contributed by atoms with van der Waals surface area (Å²) in [5.74, 6) is -1.52. The van der Waals surface area contributed by atoms with Crippen molar-refractivity contribution in [1.82, 2.24) is 4.98 Å². The summed E-state index contributed by atoms with van der Waals surface area (Å²) in [5, 5.41) is 12.4. The third kappa shape index (κ3) is 2.76. The van der Waals surface area contributed by atoms with Gasteiger partial charge in [0.1, 0.15) is 11.6 Å². The van der Waals surface area contributed by atoms with Crippen LogP contribution in [0, 0.1) is 18.6 Å². The summed E-state index contributed by atoms with van der Waals surface area (Å²) >= 11 is 4.33. The van der Waals surface area contributed by atoms with Gasteiger partial charge in [0.2, 0.25) is 0 Å². The maximum atomic E-state index is 13.8. The highest BCUT2D eigenvalue weighted by Crippen LogP contribution is 2.29. The Kier molecular flexibility index (Phi) is 4.09. The number of benzene rings is 1. The second-order valence-electron chi connectivity index (χ2n) is 3.86. The van der Waals surface area contributed by atoms with Crippen LogP contribution in [-0.2, 0) is 6.42 Å². The van der Waals surface area contributed by atoms with Gasteiger partial charge in [-0.1, -0.05) is 0 Å². The Morgan fingerprint density at radius 1 is 1.44 bits per heavy atom. The minimum Gasteiger partial charge on any atom is -0.388 e. The summed E-state index contributed by atoms with van der Waals surface area (Å²) in [5.41, 5.74) is 0.509. The van der Waals surface area contributed by atoms with E-state index in [4.69, 9.17) is 0 Å². The van der Waals surface area contributed by atoms with E-state index in [-0.39, 0.29) is 16.5 Å². The largest absolute Gasteiger partial charge is 0.388 e. The highest BCUT2D eigenvalue weighted by atomic mass is 79.9. The van der Waals surface area contributed by atoms with E-state index in [1.165, 1.54) is 17.4 Å². The van der Waals surface area contributed by atoms with E-state index in [1.807, 2.05) is 12.3 Å². The Balaban J connectivity index is 2.28. The number of aliphatic hydroxyl groups excluding tert-OH is 1. The second-order valence-corrected chi connectivity index (χ2v) is 5.66. The van der Waals surface area contributed by atoms with Crippen molar-refractivity contribution in [3.8, 4) is 0 Å². The first-order chi connectivity index (χ1) is 8.49. The van der Waals surface area contributed by atoms with Gasteiger partial charge in [-0.15, -0.1) is 11.3 Å². The lowest BCUT2D eigenvalue weighted by molar-refractivity contribution is 0.168. The summed E-state index contributed by atoms with van der Waals surface area (Å²) in [6.45, 7) is 1.83. The summed E-state index contributed by atoms with van der Waals surface area (Å²) in [4.78, 5) is 4.16. The van der Waals surface area contributed by atoms with Crippen LogP contribution in [-0.4, -0.2) is 10.1 Å². The van der Waals surface area contributed by atoms with Crippen molar-refractivity contribution >= 4 is 27.3 Å². The fourth-order valence-corrected chi connectivity index (χ4v) is 2.77. The van der Waals surface area contributed by atoms with Crippen molar-refractivity contribution in [1.29, 1.82) is 0 Å². The zero-order chi connectivity index (χ0) is 13.3. The van der Waals surface area contributed by atoms with Crippen LogP contribution < -0.4 is 0 Å². The second kappa shape index (κ2) is 5.42. The van der Waals surface area contributed by atoms with Crippen LogP contribution in [0.25, 0.3) is 0 Å². The minimum absolute atomic E-state index is 0.1000. The Morgan fingerprint density at radius 3 is 2.78 bits per heavy atom. The summed E-state index contributed by atoms with van der Waals surface area (Å²) < 4.78 is 27.4. The molecule has 0 saturated heterocycles. The standard InChI is InChI=1S/C12H10BrF2NOS/c1-6-5-18-10(16-6)4-9(17)11-8(14)3-2-7(13)12(11)15/h2-3,5,9,17H,4H2,1H3. The maximum Gasteiger partial charge on any atom is 0.146 e. The number of halogens is 3. The van der Waals surface area contributed by atoms with Crippen LogP contribution in [0.1, 0.15) is 22.4 Å². The molecule has 0 fully saturated rings. The van der Waals surface area contributed by atoms with Crippen molar-refractivity contribution in [2.24, 2.45) is 0 Å². The molecule has 0 bridgehead atoms. The zero-order valence-corrected chi connectivity index (χ0v) is 11.9. The first kappa shape index (κ1) is 13.6. The lowest BCUT2D eigenvalue weighted by Crippen LogP contribution is -2.07. The van der Waals surface area contributed by atoms with Gasteiger partial charge in [-0.3, -0.25) is 0 Å². The Morgan fingerprint density at radius 2 is 2.17 bits per heavy atom.